The van der Waals surface area contributed by atoms with Gasteiger partial charge < -0.3 is 14.8 Å². The van der Waals surface area contributed by atoms with Gasteiger partial charge in [0.25, 0.3) is 0 Å². The van der Waals surface area contributed by atoms with E-state index in [-0.39, 0.29) is 11.6 Å². The molecule has 0 radical (unpaired) electrons. The SMILES string of the molecule is Cc1oc(C(=O)O)cc1CNc1ccc(F)c(Br)c1. The normalized spacial score (nSPS) is 10.5. The maximum atomic E-state index is 13.1. The highest BCUT2D eigenvalue weighted by atomic mass is 79.9. The van der Waals surface area contributed by atoms with Crippen LogP contribution >= 0.6 is 15.9 Å². The number of carboxylic acids is 1. The molecule has 0 atom stereocenters. The minimum absolute atomic E-state index is 0.0883. The van der Waals surface area contributed by atoms with E-state index in [1.807, 2.05) is 0 Å². The van der Waals surface area contributed by atoms with Gasteiger partial charge in [0.1, 0.15) is 11.6 Å². The van der Waals surface area contributed by atoms with Gasteiger partial charge in [0.05, 0.1) is 4.47 Å². The van der Waals surface area contributed by atoms with Gasteiger partial charge in [0, 0.05) is 17.8 Å². The molecular formula is C13H11BrFNO3. The van der Waals surface area contributed by atoms with Gasteiger partial charge in [-0.15, -0.1) is 0 Å². The highest BCUT2D eigenvalue weighted by Gasteiger charge is 2.12. The summed E-state index contributed by atoms with van der Waals surface area (Å²) in [7, 11) is 0. The first-order valence-electron chi connectivity index (χ1n) is 5.49. The van der Waals surface area contributed by atoms with Crippen LogP contribution in [0.4, 0.5) is 10.1 Å². The first kappa shape index (κ1) is 13.6. The summed E-state index contributed by atoms with van der Waals surface area (Å²) < 4.78 is 18.5. The van der Waals surface area contributed by atoms with Crippen molar-refractivity contribution in [2.75, 3.05) is 5.32 Å². The van der Waals surface area contributed by atoms with Gasteiger partial charge >= 0.3 is 5.97 Å². The van der Waals surface area contributed by atoms with Gasteiger partial charge in [-0.3, -0.25) is 0 Å². The number of carbonyl (C=O) groups is 1. The molecule has 1 aromatic carbocycles. The maximum Gasteiger partial charge on any atom is 0.371 e. The molecule has 2 aromatic rings. The molecule has 1 heterocycles. The molecule has 100 valence electrons. The van der Waals surface area contributed by atoms with Crippen LogP contribution in [0.25, 0.3) is 0 Å². The molecule has 0 unspecified atom stereocenters. The predicted octanol–water partition coefficient (Wildman–Crippen LogP) is 3.80. The number of benzene rings is 1. The molecule has 0 amide bonds. The second kappa shape index (κ2) is 5.44. The van der Waals surface area contributed by atoms with E-state index in [0.717, 1.165) is 11.3 Å². The van der Waals surface area contributed by atoms with E-state index < -0.39 is 5.97 Å². The summed E-state index contributed by atoms with van der Waals surface area (Å²) in [5, 5.41) is 11.9. The fourth-order valence-electron chi connectivity index (χ4n) is 1.60. The molecule has 19 heavy (non-hydrogen) atoms. The van der Waals surface area contributed by atoms with E-state index >= 15 is 0 Å². The minimum Gasteiger partial charge on any atom is -0.475 e. The second-order valence-electron chi connectivity index (χ2n) is 3.98. The Balaban J connectivity index is 2.09. The van der Waals surface area contributed by atoms with Crippen molar-refractivity contribution >= 4 is 27.6 Å². The van der Waals surface area contributed by atoms with Crippen molar-refractivity contribution in [1.82, 2.24) is 0 Å². The number of aromatic carboxylic acids is 1. The molecular weight excluding hydrogens is 317 g/mol. The molecule has 2 N–H and O–H groups in total. The Labute approximate surface area is 117 Å². The van der Waals surface area contributed by atoms with Gasteiger partial charge in [0.15, 0.2) is 0 Å². The molecule has 0 saturated carbocycles. The molecule has 1 aromatic heterocycles. The summed E-state index contributed by atoms with van der Waals surface area (Å²) >= 11 is 3.10. The summed E-state index contributed by atoms with van der Waals surface area (Å²) in [6.07, 6.45) is 0. The number of hydrogen-bond donors (Lipinski definition) is 2. The zero-order chi connectivity index (χ0) is 14.0. The Morgan fingerprint density at radius 1 is 1.47 bits per heavy atom. The van der Waals surface area contributed by atoms with Crippen molar-refractivity contribution in [2.24, 2.45) is 0 Å². The van der Waals surface area contributed by atoms with Crippen LogP contribution < -0.4 is 5.32 Å². The number of rotatable bonds is 4. The smallest absolute Gasteiger partial charge is 0.371 e. The molecule has 0 aliphatic rings. The summed E-state index contributed by atoms with van der Waals surface area (Å²) in [5.41, 5.74) is 1.48. The topological polar surface area (TPSA) is 62.5 Å². The Hall–Kier alpha value is -1.82. The monoisotopic (exact) mass is 327 g/mol. The van der Waals surface area contributed by atoms with Crippen molar-refractivity contribution in [2.45, 2.75) is 13.5 Å². The lowest BCUT2D eigenvalue weighted by Crippen LogP contribution is -2.00. The number of aryl methyl sites for hydroxylation is 1. The first-order chi connectivity index (χ1) is 8.97. The number of furan rings is 1. The fraction of sp³-hybridized carbons (Fsp3) is 0.154. The Kier molecular flexibility index (Phi) is 3.90. The van der Waals surface area contributed by atoms with Gasteiger partial charge in [-0.1, -0.05) is 0 Å². The first-order valence-corrected chi connectivity index (χ1v) is 6.28. The molecule has 2 rings (SSSR count). The lowest BCUT2D eigenvalue weighted by Gasteiger charge is -2.06. The maximum absolute atomic E-state index is 13.1. The van der Waals surface area contributed by atoms with Crippen LogP contribution in [0.1, 0.15) is 21.9 Å². The summed E-state index contributed by atoms with van der Waals surface area (Å²) in [4.78, 5) is 10.8. The molecule has 0 aliphatic carbocycles. The third kappa shape index (κ3) is 3.14. The quantitative estimate of drug-likeness (QED) is 0.896. The van der Waals surface area contributed by atoms with Crippen molar-refractivity contribution in [1.29, 1.82) is 0 Å². The number of halogens is 2. The van der Waals surface area contributed by atoms with E-state index in [1.54, 1.807) is 19.1 Å². The highest BCUT2D eigenvalue weighted by Crippen LogP contribution is 2.21. The lowest BCUT2D eigenvalue weighted by molar-refractivity contribution is 0.0661. The summed E-state index contributed by atoms with van der Waals surface area (Å²) in [6.45, 7) is 2.10. The van der Waals surface area contributed by atoms with Gasteiger partial charge in [-0.2, -0.15) is 0 Å². The van der Waals surface area contributed by atoms with Crippen LogP contribution in [0, 0.1) is 12.7 Å². The Morgan fingerprint density at radius 2 is 2.21 bits per heavy atom. The van der Waals surface area contributed by atoms with Crippen LogP contribution in [-0.2, 0) is 6.54 Å². The number of anilines is 1. The zero-order valence-corrected chi connectivity index (χ0v) is 11.6. The average molecular weight is 328 g/mol. The van der Waals surface area contributed by atoms with Crippen LogP contribution in [0.15, 0.2) is 33.2 Å². The van der Waals surface area contributed by atoms with Crippen LogP contribution in [0.5, 0.6) is 0 Å². The fourth-order valence-corrected chi connectivity index (χ4v) is 1.98. The Morgan fingerprint density at radius 3 is 2.79 bits per heavy atom. The third-order valence-corrected chi connectivity index (χ3v) is 3.24. The average Bonchev–Trinajstić information content (AvgIpc) is 2.73. The molecule has 6 heteroatoms. The van der Waals surface area contributed by atoms with Gasteiger partial charge in [0.2, 0.25) is 5.76 Å². The van der Waals surface area contributed by atoms with E-state index in [0.29, 0.717) is 16.8 Å². The largest absolute Gasteiger partial charge is 0.475 e. The molecule has 0 spiro atoms. The lowest BCUT2D eigenvalue weighted by atomic mass is 10.2. The van der Waals surface area contributed by atoms with Crippen molar-refractivity contribution < 1.29 is 18.7 Å². The molecule has 0 saturated heterocycles. The van der Waals surface area contributed by atoms with Crippen molar-refractivity contribution in [3.63, 3.8) is 0 Å². The highest BCUT2D eigenvalue weighted by molar-refractivity contribution is 9.10. The standard InChI is InChI=1S/C13H11BrFNO3/c1-7-8(4-12(19-7)13(17)18)6-16-9-2-3-11(15)10(14)5-9/h2-5,16H,6H2,1H3,(H,17,18). The zero-order valence-electron chi connectivity index (χ0n) is 10.0. The molecule has 4 nitrogen and oxygen atoms in total. The number of hydrogen-bond acceptors (Lipinski definition) is 3. The van der Waals surface area contributed by atoms with Crippen LogP contribution in [-0.4, -0.2) is 11.1 Å². The van der Waals surface area contributed by atoms with Gasteiger partial charge in [-0.25, -0.2) is 9.18 Å². The van der Waals surface area contributed by atoms with Gasteiger partial charge in [-0.05, 0) is 47.1 Å². The molecule has 0 aliphatic heterocycles. The third-order valence-electron chi connectivity index (χ3n) is 2.63. The van der Waals surface area contributed by atoms with Crippen LogP contribution in [0.2, 0.25) is 0 Å². The van der Waals surface area contributed by atoms with E-state index in [1.165, 1.54) is 12.1 Å². The van der Waals surface area contributed by atoms with Crippen LogP contribution in [0.3, 0.4) is 0 Å². The summed E-state index contributed by atoms with van der Waals surface area (Å²) in [5.74, 6) is -0.974. The summed E-state index contributed by atoms with van der Waals surface area (Å²) in [6, 6.07) is 6.04. The minimum atomic E-state index is -1.10. The number of nitrogens with one attached hydrogen (secondary N) is 1. The van der Waals surface area contributed by atoms with Crippen molar-refractivity contribution in [3.8, 4) is 0 Å². The van der Waals surface area contributed by atoms with E-state index in [4.69, 9.17) is 9.52 Å². The Bertz CT molecular complexity index is 624. The van der Waals surface area contributed by atoms with Crippen molar-refractivity contribution in [3.05, 3.63) is 51.6 Å². The number of carboxylic acid groups (broad SMARTS) is 1. The predicted molar refractivity (Wildman–Crippen MR) is 71.8 cm³/mol. The molecule has 0 bridgehead atoms. The van der Waals surface area contributed by atoms with E-state index in [9.17, 15) is 9.18 Å². The second-order valence-corrected chi connectivity index (χ2v) is 4.83. The van der Waals surface area contributed by atoms with E-state index in [2.05, 4.69) is 21.2 Å². The molecule has 0 fully saturated rings.